The summed E-state index contributed by atoms with van der Waals surface area (Å²) in [5, 5.41) is 4.45. The number of rotatable bonds is 4. The van der Waals surface area contributed by atoms with E-state index in [1.165, 1.54) is 11.3 Å². The van der Waals surface area contributed by atoms with Gasteiger partial charge in [0.05, 0.1) is 11.4 Å². The number of carbonyl (C=O) groups is 2. The van der Waals surface area contributed by atoms with Crippen LogP contribution in [0.15, 0.2) is 17.5 Å². The van der Waals surface area contributed by atoms with Crippen LogP contribution in [0, 0.1) is 0 Å². The average molecular weight is 239 g/mol. The Morgan fingerprint density at radius 3 is 3.06 bits per heavy atom. The van der Waals surface area contributed by atoms with Gasteiger partial charge >= 0.3 is 0 Å². The van der Waals surface area contributed by atoms with Crippen molar-refractivity contribution in [1.82, 2.24) is 5.32 Å². The summed E-state index contributed by atoms with van der Waals surface area (Å²) in [5.41, 5.74) is 0. The molecule has 0 aromatic carbocycles. The van der Waals surface area contributed by atoms with Gasteiger partial charge in [-0.15, -0.1) is 11.3 Å². The Hall–Kier alpha value is -1.20. The summed E-state index contributed by atoms with van der Waals surface area (Å²) in [6.07, 6.45) is 1.30. The molecule has 86 valence electrons. The zero-order valence-electron chi connectivity index (χ0n) is 8.77. The van der Waals surface area contributed by atoms with E-state index in [-0.39, 0.29) is 24.3 Å². The Morgan fingerprint density at radius 1 is 1.56 bits per heavy atom. The molecule has 4 nitrogen and oxygen atoms in total. The third-order valence-corrected chi connectivity index (χ3v) is 3.35. The molecule has 0 bridgehead atoms. The van der Waals surface area contributed by atoms with Crippen molar-refractivity contribution in [1.29, 1.82) is 0 Å². The molecular weight excluding hydrogens is 226 g/mol. The first-order valence-corrected chi connectivity index (χ1v) is 6.11. The first-order valence-electron chi connectivity index (χ1n) is 5.23. The molecule has 1 atom stereocenters. The smallest absolute Gasteiger partial charge is 0.249 e. The van der Waals surface area contributed by atoms with Gasteiger partial charge in [-0.2, -0.15) is 0 Å². The molecule has 16 heavy (non-hydrogen) atoms. The molecule has 1 N–H and O–H groups in total. The lowest BCUT2D eigenvalue weighted by molar-refractivity contribution is -0.129. The van der Waals surface area contributed by atoms with E-state index in [2.05, 4.69) is 5.32 Å². The van der Waals surface area contributed by atoms with Crippen molar-refractivity contribution in [3.05, 3.63) is 22.4 Å². The maximum Gasteiger partial charge on any atom is 0.249 e. The third-order valence-electron chi connectivity index (χ3n) is 2.44. The highest BCUT2D eigenvalue weighted by molar-refractivity contribution is 7.12. The lowest BCUT2D eigenvalue weighted by Gasteiger charge is -2.09. The summed E-state index contributed by atoms with van der Waals surface area (Å²) in [7, 11) is 0. The SMILES string of the molecule is O=C(CNC(=O)C1CCCO1)c1cccs1. The summed E-state index contributed by atoms with van der Waals surface area (Å²) in [6.45, 7) is 0.691. The van der Waals surface area contributed by atoms with Crippen molar-refractivity contribution < 1.29 is 14.3 Å². The Labute approximate surface area is 97.6 Å². The van der Waals surface area contributed by atoms with Crippen molar-refractivity contribution in [3.63, 3.8) is 0 Å². The zero-order chi connectivity index (χ0) is 11.4. The minimum absolute atomic E-state index is 0.0543. The lowest BCUT2D eigenvalue weighted by atomic mass is 10.2. The molecule has 0 saturated carbocycles. The van der Waals surface area contributed by atoms with Crippen LogP contribution >= 0.6 is 11.3 Å². The predicted molar refractivity (Wildman–Crippen MR) is 60.6 cm³/mol. The molecule has 2 heterocycles. The van der Waals surface area contributed by atoms with Gasteiger partial charge in [0.2, 0.25) is 5.91 Å². The Kier molecular flexibility index (Phi) is 3.69. The van der Waals surface area contributed by atoms with Gasteiger partial charge in [-0.25, -0.2) is 0 Å². The molecular formula is C11H13NO3S. The molecule has 1 unspecified atom stereocenters. The van der Waals surface area contributed by atoms with E-state index >= 15 is 0 Å². The van der Waals surface area contributed by atoms with Crippen LogP contribution in [-0.4, -0.2) is 30.9 Å². The normalized spacial score (nSPS) is 19.6. The van der Waals surface area contributed by atoms with E-state index in [4.69, 9.17) is 4.74 Å². The average Bonchev–Trinajstić information content (AvgIpc) is 2.95. The molecule has 1 aromatic rings. The van der Waals surface area contributed by atoms with Crippen LogP contribution in [-0.2, 0) is 9.53 Å². The van der Waals surface area contributed by atoms with Gasteiger partial charge in [0.15, 0.2) is 5.78 Å². The van der Waals surface area contributed by atoms with Crippen molar-refractivity contribution in [3.8, 4) is 0 Å². The molecule has 0 aliphatic carbocycles. The van der Waals surface area contributed by atoms with Crippen LogP contribution < -0.4 is 5.32 Å². The van der Waals surface area contributed by atoms with Crippen LogP contribution in [0.2, 0.25) is 0 Å². The molecule has 0 radical (unpaired) electrons. The molecule has 5 heteroatoms. The summed E-state index contributed by atoms with van der Waals surface area (Å²) >= 11 is 1.38. The number of carbonyl (C=O) groups excluding carboxylic acids is 2. The number of hydrogen-bond acceptors (Lipinski definition) is 4. The van der Waals surface area contributed by atoms with Crippen molar-refractivity contribution in [2.75, 3.05) is 13.2 Å². The second kappa shape index (κ2) is 5.23. The van der Waals surface area contributed by atoms with Crippen LogP contribution in [0.4, 0.5) is 0 Å². The number of nitrogens with one attached hydrogen (secondary N) is 1. The fraction of sp³-hybridized carbons (Fsp3) is 0.455. The second-order valence-electron chi connectivity index (χ2n) is 3.62. The molecule has 2 rings (SSSR count). The van der Waals surface area contributed by atoms with Gasteiger partial charge < -0.3 is 10.1 Å². The van der Waals surface area contributed by atoms with E-state index in [0.717, 1.165) is 12.8 Å². The molecule has 1 aromatic heterocycles. The fourth-order valence-corrected chi connectivity index (χ4v) is 2.25. The van der Waals surface area contributed by atoms with E-state index in [1.807, 2.05) is 11.4 Å². The number of thiophene rings is 1. The molecule has 1 fully saturated rings. The second-order valence-corrected chi connectivity index (χ2v) is 4.57. The topological polar surface area (TPSA) is 55.4 Å². The largest absolute Gasteiger partial charge is 0.368 e. The Bertz CT molecular complexity index is 369. The van der Waals surface area contributed by atoms with E-state index in [9.17, 15) is 9.59 Å². The lowest BCUT2D eigenvalue weighted by Crippen LogP contribution is -2.37. The monoisotopic (exact) mass is 239 g/mol. The van der Waals surface area contributed by atoms with Gasteiger partial charge in [-0.3, -0.25) is 9.59 Å². The van der Waals surface area contributed by atoms with Gasteiger partial charge in [0.25, 0.3) is 0 Å². The molecule has 0 spiro atoms. The maximum atomic E-state index is 11.6. The summed E-state index contributed by atoms with van der Waals surface area (Å²) < 4.78 is 5.22. The maximum absolute atomic E-state index is 11.6. The summed E-state index contributed by atoms with van der Waals surface area (Å²) in [6, 6.07) is 3.57. The number of amides is 1. The highest BCUT2D eigenvalue weighted by atomic mass is 32.1. The number of ketones is 1. The molecule has 1 saturated heterocycles. The van der Waals surface area contributed by atoms with E-state index in [0.29, 0.717) is 11.5 Å². The van der Waals surface area contributed by atoms with Gasteiger partial charge in [-0.1, -0.05) is 6.07 Å². The number of Topliss-reactive ketones (excluding diaryl/α,β-unsaturated/α-hetero) is 1. The minimum atomic E-state index is -0.365. The number of hydrogen-bond donors (Lipinski definition) is 1. The van der Waals surface area contributed by atoms with E-state index in [1.54, 1.807) is 6.07 Å². The quantitative estimate of drug-likeness (QED) is 0.804. The third kappa shape index (κ3) is 2.68. The molecule has 1 amide bonds. The minimum Gasteiger partial charge on any atom is -0.368 e. The summed E-state index contributed by atoms with van der Waals surface area (Å²) in [5.74, 6) is -0.233. The van der Waals surface area contributed by atoms with Crippen LogP contribution in [0.1, 0.15) is 22.5 Å². The van der Waals surface area contributed by atoms with Gasteiger partial charge in [0, 0.05) is 6.61 Å². The standard InChI is InChI=1S/C11H13NO3S/c13-8(10-4-2-6-16-10)7-12-11(14)9-3-1-5-15-9/h2,4,6,9H,1,3,5,7H2,(H,12,14). The summed E-state index contributed by atoms with van der Waals surface area (Å²) in [4.78, 5) is 23.8. The van der Waals surface area contributed by atoms with Crippen molar-refractivity contribution in [2.24, 2.45) is 0 Å². The first-order chi connectivity index (χ1) is 7.77. The van der Waals surface area contributed by atoms with Crippen molar-refractivity contribution >= 4 is 23.0 Å². The number of ether oxygens (including phenoxy) is 1. The van der Waals surface area contributed by atoms with E-state index < -0.39 is 0 Å². The highest BCUT2D eigenvalue weighted by Gasteiger charge is 2.23. The molecule has 1 aliphatic rings. The molecule has 1 aliphatic heterocycles. The zero-order valence-corrected chi connectivity index (χ0v) is 9.59. The van der Waals surface area contributed by atoms with Crippen LogP contribution in [0.5, 0.6) is 0 Å². The fourth-order valence-electron chi connectivity index (χ4n) is 1.59. The van der Waals surface area contributed by atoms with Gasteiger partial charge in [-0.05, 0) is 24.3 Å². The highest BCUT2D eigenvalue weighted by Crippen LogP contribution is 2.12. The predicted octanol–water partition coefficient (Wildman–Crippen LogP) is 1.23. The van der Waals surface area contributed by atoms with Crippen LogP contribution in [0.3, 0.4) is 0 Å². The van der Waals surface area contributed by atoms with Crippen molar-refractivity contribution in [2.45, 2.75) is 18.9 Å². The Morgan fingerprint density at radius 2 is 2.44 bits per heavy atom. The first kappa shape index (κ1) is 11.3. The van der Waals surface area contributed by atoms with Crippen LogP contribution in [0.25, 0.3) is 0 Å². The Balaban J connectivity index is 1.79. The van der Waals surface area contributed by atoms with Gasteiger partial charge in [0.1, 0.15) is 6.10 Å².